The number of anilines is 1. The second kappa shape index (κ2) is 5.66. The maximum atomic E-state index is 8.99. The zero-order valence-corrected chi connectivity index (χ0v) is 12.3. The van der Waals surface area contributed by atoms with E-state index < -0.39 is 0 Å². The number of nitrogens with zero attached hydrogens (tertiary/aromatic N) is 3. The Balaban J connectivity index is 1.74. The van der Waals surface area contributed by atoms with Crippen molar-refractivity contribution in [2.45, 2.75) is 44.2 Å². The molecule has 0 aromatic carbocycles. The van der Waals surface area contributed by atoms with Gasteiger partial charge in [-0.1, -0.05) is 29.4 Å². The molecule has 1 saturated heterocycles. The van der Waals surface area contributed by atoms with Crippen LogP contribution in [0.15, 0.2) is 0 Å². The fraction of sp³-hybridized carbons (Fsp3) is 0.692. The molecule has 0 spiro atoms. The molecule has 102 valence electrons. The van der Waals surface area contributed by atoms with Crippen LogP contribution in [-0.4, -0.2) is 30.2 Å². The Morgan fingerprint density at radius 2 is 2.26 bits per heavy atom. The smallest absolute Gasteiger partial charge is 0.188 e. The normalized spacial score (nSPS) is 23.1. The highest BCUT2D eigenvalue weighted by Crippen LogP contribution is 2.36. The molecular weight excluding hydrogens is 280 g/mol. The van der Waals surface area contributed by atoms with Crippen LogP contribution in [0.1, 0.15) is 37.0 Å². The predicted octanol–water partition coefficient (Wildman–Crippen LogP) is 2.78. The average molecular weight is 297 g/mol. The van der Waals surface area contributed by atoms with Gasteiger partial charge in [-0.05, 0) is 32.2 Å². The maximum absolute atomic E-state index is 8.99. The standard InChI is InChI=1S/C13H17ClN4S/c14-12-11(7-15)19-13(17-12)18(10-4-5-10)8-9-3-1-2-6-16-9/h9-10,16H,1-6,8H2. The first kappa shape index (κ1) is 13.2. The van der Waals surface area contributed by atoms with Crippen molar-refractivity contribution in [3.63, 3.8) is 0 Å². The van der Waals surface area contributed by atoms with Crippen LogP contribution in [0.25, 0.3) is 0 Å². The van der Waals surface area contributed by atoms with Crippen LogP contribution in [0.5, 0.6) is 0 Å². The second-order valence-corrected chi connectivity index (χ2v) is 6.59. The van der Waals surface area contributed by atoms with E-state index in [4.69, 9.17) is 16.9 Å². The summed E-state index contributed by atoms with van der Waals surface area (Å²) in [4.78, 5) is 7.24. The van der Waals surface area contributed by atoms with Gasteiger partial charge in [0.2, 0.25) is 0 Å². The first-order valence-corrected chi connectivity index (χ1v) is 8.04. The van der Waals surface area contributed by atoms with E-state index in [0.29, 0.717) is 22.1 Å². The molecule has 1 N–H and O–H groups in total. The van der Waals surface area contributed by atoms with E-state index in [0.717, 1.165) is 18.2 Å². The fourth-order valence-electron chi connectivity index (χ4n) is 2.57. The van der Waals surface area contributed by atoms with E-state index in [2.05, 4.69) is 21.3 Å². The summed E-state index contributed by atoms with van der Waals surface area (Å²) < 4.78 is 0. The molecule has 0 bridgehead atoms. The molecule has 1 aliphatic heterocycles. The number of piperidine rings is 1. The Bertz CT molecular complexity index is 485. The molecule has 1 aliphatic carbocycles. The molecule has 4 nitrogen and oxygen atoms in total. The van der Waals surface area contributed by atoms with E-state index >= 15 is 0 Å². The highest BCUT2D eigenvalue weighted by Gasteiger charge is 2.33. The zero-order valence-electron chi connectivity index (χ0n) is 10.7. The third kappa shape index (κ3) is 3.02. The Hall–Kier alpha value is -0.830. The van der Waals surface area contributed by atoms with Crippen LogP contribution in [-0.2, 0) is 0 Å². The van der Waals surface area contributed by atoms with Crippen LogP contribution in [0.4, 0.5) is 5.13 Å². The van der Waals surface area contributed by atoms with Gasteiger partial charge in [0.1, 0.15) is 10.9 Å². The molecule has 2 fully saturated rings. The summed E-state index contributed by atoms with van der Waals surface area (Å²) >= 11 is 7.41. The Morgan fingerprint density at radius 1 is 1.42 bits per heavy atom. The first-order valence-electron chi connectivity index (χ1n) is 6.84. The van der Waals surface area contributed by atoms with Crippen molar-refractivity contribution in [1.29, 1.82) is 5.26 Å². The number of nitrogens with one attached hydrogen (secondary N) is 1. The number of hydrogen-bond donors (Lipinski definition) is 1. The SMILES string of the molecule is N#Cc1sc(N(CC2CCCCN2)C2CC2)nc1Cl. The summed E-state index contributed by atoms with van der Waals surface area (Å²) in [7, 11) is 0. The van der Waals surface area contributed by atoms with Gasteiger partial charge in [0.15, 0.2) is 10.3 Å². The summed E-state index contributed by atoms with van der Waals surface area (Å²) in [5.41, 5.74) is 0. The minimum absolute atomic E-state index is 0.352. The topological polar surface area (TPSA) is 52.0 Å². The van der Waals surface area contributed by atoms with Crippen molar-refractivity contribution in [3.05, 3.63) is 10.0 Å². The molecule has 0 amide bonds. The van der Waals surface area contributed by atoms with Crippen molar-refractivity contribution in [2.75, 3.05) is 18.0 Å². The van der Waals surface area contributed by atoms with Gasteiger partial charge in [-0.15, -0.1) is 0 Å². The lowest BCUT2D eigenvalue weighted by molar-refractivity contribution is 0.398. The Morgan fingerprint density at radius 3 is 2.84 bits per heavy atom. The summed E-state index contributed by atoms with van der Waals surface area (Å²) in [6, 6.07) is 3.25. The Labute approximate surface area is 122 Å². The van der Waals surface area contributed by atoms with Crippen molar-refractivity contribution >= 4 is 28.1 Å². The van der Waals surface area contributed by atoms with Crippen LogP contribution in [0.3, 0.4) is 0 Å². The molecule has 6 heteroatoms. The fourth-order valence-corrected chi connectivity index (χ4v) is 3.69. The minimum atomic E-state index is 0.352. The van der Waals surface area contributed by atoms with Crippen molar-refractivity contribution in [2.24, 2.45) is 0 Å². The van der Waals surface area contributed by atoms with Crippen molar-refractivity contribution < 1.29 is 0 Å². The summed E-state index contributed by atoms with van der Waals surface area (Å²) in [5.74, 6) is 0. The van der Waals surface area contributed by atoms with Gasteiger partial charge >= 0.3 is 0 Å². The van der Waals surface area contributed by atoms with E-state index in [1.807, 2.05) is 0 Å². The van der Waals surface area contributed by atoms with Gasteiger partial charge < -0.3 is 10.2 Å². The number of rotatable bonds is 4. The largest absolute Gasteiger partial charge is 0.343 e. The second-order valence-electron chi connectivity index (χ2n) is 5.26. The lowest BCUT2D eigenvalue weighted by Gasteiger charge is -2.30. The molecule has 19 heavy (non-hydrogen) atoms. The third-order valence-corrected chi connectivity index (χ3v) is 5.12. The molecule has 1 atom stereocenters. The third-order valence-electron chi connectivity index (χ3n) is 3.74. The highest BCUT2D eigenvalue weighted by atomic mass is 35.5. The van der Waals surface area contributed by atoms with E-state index in [-0.39, 0.29) is 0 Å². The van der Waals surface area contributed by atoms with Crippen LogP contribution in [0.2, 0.25) is 5.15 Å². The number of nitriles is 1. The van der Waals surface area contributed by atoms with Gasteiger partial charge in [0, 0.05) is 18.6 Å². The van der Waals surface area contributed by atoms with Gasteiger partial charge in [0.05, 0.1) is 0 Å². The molecule has 3 rings (SSSR count). The van der Waals surface area contributed by atoms with Crippen molar-refractivity contribution in [3.8, 4) is 6.07 Å². The van der Waals surface area contributed by atoms with E-state index in [1.165, 1.54) is 43.4 Å². The van der Waals surface area contributed by atoms with Crippen LogP contribution < -0.4 is 10.2 Å². The van der Waals surface area contributed by atoms with E-state index in [9.17, 15) is 0 Å². The quantitative estimate of drug-likeness (QED) is 0.928. The van der Waals surface area contributed by atoms with Gasteiger partial charge in [-0.3, -0.25) is 0 Å². The van der Waals surface area contributed by atoms with Crippen molar-refractivity contribution in [1.82, 2.24) is 10.3 Å². The van der Waals surface area contributed by atoms with Crippen LogP contribution >= 0.6 is 22.9 Å². The number of aromatic nitrogens is 1. The number of halogens is 1. The Kier molecular flexibility index (Phi) is 3.92. The minimum Gasteiger partial charge on any atom is -0.343 e. The summed E-state index contributed by atoms with van der Waals surface area (Å²) in [6.45, 7) is 2.10. The number of hydrogen-bond acceptors (Lipinski definition) is 5. The summed E-state index contributed by atoms with van der Waals surface area (Å²) in [6.07, 6.45) is 6.27. The number of thiazole rings is 1. The summed E-state index contributed by atoms with van der Waals surface area (Å²) in [5, 5.41) is 13.8. The molecule has 1 saturated carbocycles. The molecule has 2 heterocycles. The van der Waals surface area contributed by atoms with E-state index in [1.54, 1.807) is 0 Å². The molecular formula is C13H17ClN4S. The highest BCUT2D eigenvalue weighted by molar-refractivity contribution is 7.16. The van der Waals surface area contributed by atoms with Gasteiger partial charge in [-0.2, -0.15) is 5.26 Å². The molecule has 0 radical (unpaired) electrons. The zero-order chi connectivity index (χ0) is 13.2. The lowest BCUT2D eigenvalue weighted by Crippen LogP contribution is -2.44. The molecule has 1 aromatic rings. The predicted molar refractivity (Wildman–Crippen MR) is 77.8 cm³/mol. The van der Waals surface area contributed by atoms with Gasteiger partial charge in [0.25, 0.3) is 0 Å². The molecule has 1 unspecified atom stereocenters. The van der Waals surface area contributed by atoms with Gasteiger partial charge in [-0.25, -0.2) is 4.98 Å². The first-order chi connectivity index (χ1) is 9.28. The average Bonchev–Trinajstić information content (AvgIpc) is 3.20. The maximum Gasteiger partial charge on any atom is 0.188 e. The monoisotopic (exact) mass is 296 g/mol. The lowest BCUT2D eigenvalue weighted by atomic mass is 10.0. The van der Waals surface area contributed by atoms with Crippen LogP contribution in [0, 0.1) is 11.3 Å². The molecule has 2 aliphatic rings. The molecule has 1 aromatic heterocycles.